The third kappa shape index (κ3) is 7.49. The van der Waals surface area contributed by atoms with Gasteiger partial charge in [0.2, 0.25) is 5.91 Å². The second-order valence-corrected chi connectivity index (χ2v) is 5.29. The molecule has 1 amide bonds. The van der Waals surface area contributed by atoms with Crippen molar-refractivity contribution in [1.29, 1.82) is 0 Å². The molecule has 1 aromatic carbocycles. The molecule has 4 nitrogen and oxygen atoms in total. The minimum atomic E-state index is -0.965. The van der Waals surface area contributed by atoms with Crippen LogP contribution in [0.25, 0.3) is 0 Å². The van der Waals surface area contributed by atoms with Crippen molar-refractivity contribution >= 4 is 11.9 Å². The molecule has 116 valence electrons. The Hall–Kier alpha value is -1.84. The molecule has 0 aliphatic rings. The van der Waals surface area contributed by atoms with Gasteiger partial charge in [-0.05, 0) is 24.8 Å². The topological polar surface area (TPSA) is 66.4 Å². The van der Waals surface area contributed by atoms with Gasteiger partial charge >= 0.3 is 5.97 Å². The van der Waals surface area contributed by atoms with E-state index in [0.717, 1.165) is 31.2 Å². The summed E-state index contributed by atoms with van der Waals surface area (Å²) in [5, 5.41) is 11.8. The summed E-state index contributed by atoms with van der Waals surface area (Å²) in [5.41, 5.74) is 1.08. The van der Waals surface area contributed by atoms with Gasteiger partial charge in [-0.3, -0.25) is 4.79 Å². The molecule has 1 aromatic rings. The number of aryl methyl sites for hydroxylation is 1. The molecule has 2 N–H and O–H groups in total. The van der Waals surface area contributed by atoms with Crippen molar-refractivity contribution in [2.75, 3.05) is 0 Å². The first-order valence-corrected chi connectivity index (χ1v) is 7.69. The van der Waals surface area contributed by atoms with Crippen LogP contribution in [0.15, 0.2) is 30.3 Å². The first-order valence-electron chi connectivity index (χ1n) is 7.69. The van der Waals surface area contributed by atoms with Gasteiger partial charge in [0.15, 0.2) is 0 Å². The molecule has 0 radical (unpaired) electrons. The molecule has 1 atom stereocenters. The quantitative estimate of drug-likeness (QED) is 0.651. The predicted molar refractivity (Wildman–Crippen MR) is 83.1 cm³/mol. The van der Waals surface area contributed by atoms with Gasteiger partial charge in [-0.2, -0.15) is 0 Å². The van der Waals surface area contributed by atoms with Crippen molar-refractivity contribution in [3.8, 4) is 0 Å². The molecule has 0 spiro atoms. The van der Waals surface area contributed by atoms with E-state index in [-0.39, 0.29) is 5.91 Å². The summed E-state index contributed by atoms with van der Waals surface area (Å²) in [6.07, 6.45) is 5.56. The van der Waals surface area contributed by atoms with Gasteiger partial charge in [0.1, 0.15) is 6.04 Å². The maximum atomic E-state index is 11.8. The van der Waals surface area contributed by atoms with Gasteiger partial charge in [-0.1, -0.05) is 56.5 Å². The van der Waals surface area contributed by atoms with Gasteiger partial charge < -0.3 is 10.4 Å². The lowest BCUT2D eigenvalue weighted by Crippen LogP contribution is -2.41. The van der Waals surface area contributed by atoms with E-state index in [1.54, 1.807) is 0 Å². The third-order valence-electron chi connectivity index (χ3n) is 3.46. The first-order chi connectivity index (χ1) is 10.1. The molecule has 0 heterocycles. The van der Waals surface area contributed by atoms with Crippen molar-refractivity contribution in [1.82, 2.24) is 5.32 Å². The highest BCUT2D eigenvalue weighted by molar-refractivity contribution is 5.83. The fraction of sp³-hybridized carbons (Fsp3) is 0.529. The van der Waals surface area contributed by atoms with E-state index < -0.39 is 12.0 Å². The van der Waals surface area contributed by atoms with E-state index in [2.05, 4.69) is 12.2 Å². The number of hydrogen-bond acceptors (Lipinski definition) is 2. The average molecular weight is 291 g/mol. The fourth-order valence-corrected chi connectivity index (χ4v) is 2.19. The zero-order valence-electron chi connectivity index (χ0n) is 12.7. The highest BCUT2D eigenvalue weighted by Crippen LogP contribution is 2.07. The number of unbranched alkanes of at least 4 members (excludes halogenated alkanes) is 3. The van der Waals surface area contributed by atoms with Gasteiger partial charge in [-0.15, -0.1) is 0 Å². The molecule has 0 aromatic heterocycles. The van der Waals surface area contributed by atoms with Crippen LogP contribution in [0.4, 0.5) is 0 Å². The number of carbonyl (C=O) groups excluding carboxylic acids is 1. The van der Waals surface area contributed by atoms with Gasteiger partial charge in [0.25, 0.3) is 0 Å². The Kier molecular flexibility index (Phi) is 8.17. The Labute approximate surface area is 126 Å². The summed E-state index contributed by atoms with van der Waals surface area (Å²) in [6.45, 7) is 2.12. The normalized spacial score (nSPS) is 11.9. The number of benzene rings is 1. The summed E-state index contributed by atoms with van der Waals surface area (Å²) >= 11 is 0. The molecule has 21 heavy (non-hydrogen) atoms. The number of aliphatic carboxylic acids is 1. The van der Waals surface area contributed by atoms with E-state index in [1.807, 2.05) is 30.3 Å². The summed E-state index contributed by atoms with van der Waals surface area (Å²) in [7, 11) is 0. The molecule has 4 heteroatoms. The molecular weight excluding hydrogens is 266 g/mol. The van der Waals surface area contributed by atoms with Crippen molar-refractivity contribution in [3.63, 3.8) is 0 Å². The second kappa shape index (κ2) is 9.97. The van der Waals surface area contributed by atoms with Gasteiger partial charge in [-0.25, -0.2) is 4.79 Å². The van der Waals surface area contributed by atoms with E-state index in [0.29, 0.717) is 19.3 Å². The standard InChI is InChI=1S/C17H25NO3/c1-2-3-4-8-11-16(19)18-15(17(20)21)13-12-14-9-6-5-7-10-14/h5-7,9-10,15H,2-4,8,11-13H2,1H3,(H,18,19)(H,20,21)/t15-/m0/s1. The molecular formula is C17H25NO3. The number of rotatable bonds is 10. The van der Waals surface area contributed by atoms with Crippen LogP contribution in [-0.2, 0) is 16.0 Å². The second-order valence-electron chi connectivity index (χ2n) is 5.29. The molecule has 0 unspecified atom stereocenters. The highest BCUT2D eigenvalue weighted by atomic mass is 16.4. The lowest BCUT2D eigenvalue weighted by Gasteiger charge is -2.14. The number of amides is 1. The monoisotopic (exact) mass is 291 g/mol. The van der Waals surface area contributed by atoms with Crippen LogP contribution in [0.2, 0.25) is 0 Å². The van der Waals surface area contributed by atoms with Crippen molar-refractivity contribution in [2.24, 2.45) is 0 Å². The zero-order valence-corrected chi connectivity index (χ0v) is 12.7. The lowest BCUT2D eigenvalue weighted by atomic mass is 10.0. The molecule has 0 bridgehead atoms. The SMILES string of the molecule is CCCCCCC(=O)N[C@@H](CCc1ccccc1)C(=O)O. The van der Waals surface area contributed by atoms with Crippen LogP contribution in [0, 0.1) is 0 Å². The Balaban J connectivity index is 2.35. The minimum absolute atomic E-state index is 0.161. The van der Waals surface area contributed by atoms with Crippen LogP contribution in [0.5, 0.6) is 0 Å². The van der Waals surface area contributed by atoms with Crippen LogP contribution in [-0.4, -0.2) is 23.0 Å². The van der Waals surface area contributed by atoms with Crippen LogP contribution in [0.3, 0.4) is 0 Å². The van der Waals surface area contributed by atoms with E-state index >= 15 is 0 Å². The molecule has 0 fully saturated rings. The fourth-order valence-electron chi connectivity index (χ4n) is 2.19. The van der Waals surface area contributed by atoms with E-state index in [1.165, 1.54) is 0 Å². The smallest absolute Gasteiger partial charge is 0.326 e. The number of nitrogens with one attached hydrogen (secondary N) is 1. The molecule has 1 rings (SSSR count). The molecule has 0 aliphatic carbocycles. The number of hydrogen-bond donors (Lipinski definition) is 2. The lowest BCUT2D eigenvalue weighted by molar-refractivity contribution is -0.142. The minimum Gasteiger partial charge on any atom is -0.480 e. The number of carboxylic acid groups (broad SMARTS) is 1. The van der Waals surface area contributed by atoms with Crippen molar-refractivity contribution in [3.05, 3.63) is 35.9 Å². The van der Waals surface area contributed by atoms with E-state index in [4.69, 9.17) is 0 Å². The van der Waals surface area contributed by atoms with Gasteiger partial charge in [0, 0.05) is 6.42 Å². The Morgan fingerprint density at radius 2 is 1.86 bits per heavy atom. The number of carbonyl (C=O) groups is 2. The van der Waals surface area contributed by atoms with Crippen molar-refractivity contribution in [2.45, 2.75) is 57.9 Å². The largest absolute Gasteiger partial charge is 0.480 e. The summed E-state index contributed by atoms with van der Waals surface area (Å²) < 4.78 is 0. The van der Waals surface area contributed by atoms with Crippen LogP contribution in [0.1, 0.15) is 51.0 Å². The zero-order chi connectivity index (χ0) is 15.5. The predicted octanol–water partition coefficient (Wildman–Crippen LogP) is 3.16. The molecule has 0 saturated carbocycles. The Bertz CT molecular complexity index is 431. The van der Waals surface area contributed by atoms with Gasteiger partial charge in [0.05, 0.1) is 0 Å². The molecule has 0 saturated heterocycles. The Morgan fingerprint density at radius 3 is 2.48 bits per heavy atom. The third-order valence-corrected chi connectivity index (χ3v) is 3.46. The number of carboxylic acids is 1. The van der Waals surface area contributed by atoms with Crippen molar-refractivity contribution < 1.29 is 14.7 Å². The summed E-state index contributed by atoms with van der Waals surface area (Å²) in [4.78, 5) is 23.0. The van der Waals surface area contributed by atoms with E-state index in [9.17, 15) is 14.7 Å². The Morgan fingerprint density at radius 1 is 1.14 bits per heavy atom. The average Bonchev–Trinajstić information content (AvgIpc) is 2.48. The first kappa shape index (κ1) is 17.2. The summed E-state index contributed by atoms with van der Waals surface area (Å²) in [6, 6.07) is 8.91. The highest BCUT2D eigenvalue weighted by Gasteiger charge is 2.19. The van der Waals surface area contributed by atoms with Crippen LogP contribution < -0.4 is 5.32 Å². The summed E-state index contributed by atoms with van der Waals surface area (Å²) in [5.74, 6) is -1.13. The molecule has 0 aliphatic heterocycles. The maximum Gasteiger partial charge on any atom is 0.326 e. The maximum absolute atomic E-state index is 11.8. The van der Waals surface area contributed by atoms with Crippen LogP contribution >= 0.6 is 0 Å².